The molecule has 4 heterocycles. The molecule has 5 N–H and O–H groups in total. The van der Waals surface area contributed by atoms with Crippen molar-refractivity contribution in [1.29, 1.82) is 0 Å². The lowest BCUT2D eigenvalue weighted by molar-refractivity contribution is -0.122. The molecule has 1 saturated heterocycles. The topological polar surface area (TPSA) is 210 Å². The number of nitrogens with zero attached hydrogens (tertiary/aromatic N) is 9. The van der Waals surface area contributed by atoms with Crippen molar-refractivity contribution < 1.29 is 30.0 Å². The molecule has 0 spiro atoms. The first-order chi connectivity index (χ1) is 22.7. The van der Waals surface area contributed by atoms with Gasteiger partial charge in [-0.2, -0.15) is 14.8 Å². The zero-order chi connectivity index (χ0) is 33.5. The predicted molar refractivity (Wildman–Crippen MR) is 170 cm³/mol. The third-order valence-corrected chi connectivity index (χ3v) is 7.62. The van der Waals surface area contributed by atoms with Crippen molar-refractivity contribution in [2.45, 2.75) is 44.3 Å². The number of carbonyl (C=O) groups is 1. The van der Waals surface area contributed by atoms with E-state index in [0.29, 0.717) is 30.1 Å². The molecule has 16 nitrogen and oxygen atoms in total. The Hall–Kier alpha value is -5.03. The van der Waals surface area contributed by atoms with Crippen LogP contribution < -0.4 is 10.2 Å². The van der Waals surface area contributed by atoms with E-state index < -0.39 is 24.5 Å². The van der Waals surface area contributed by atoms with Gasteiger partial charge in [0, 0.05) is 19.0 Å². The van der Waals surface area contributed by atoms with E-state index in [0.717, 1.165) is 11.1 Å². The van der Waals surface area contributed by atoms with Crippen molar-refractivity contribution in [2.75, 3.05) is 30.0 Å². The highest BCUT2D eigenvalue weighted by Crippen LogP contribution is 2.39. The van der Waals surface area contributed by atoms with Crippen LogP contribution in [0.2, 0.25) is 0 Å². The first kappa shape index (κ1) is 33.3. The maximum absolute atomic E-state index is 11.1. The van der Waals surface area contributed by atoms with Gasteiger partial charge in [0.1, 0.15) is 18.9 Å². The fraction of sp³-hybridized carbons (Fsp3) is 0.387. The van der Waals surface area contributed by atoms with Gasteiger partial charge in [-0.3, -0.25) is 9.36 Å². The molecule has 0 aliphatic carbocycles. The van der Waals surface area contributed by atoms with Crippen molar-refractivity contribution in [2.24, 2.45) is 13.0 Å². The molecule has 3 aromatic heterocycles. The highest BCUT2D eigenvalue weighted by atomic mass is 16.6. The van der Waals surface area contributed by atoms with Crippen LogP contribution in [-0.2, 0) is 16.6 Å². The fourth-order valence-corrected chi connectivity index (χ4v) is 5.51. The molecule has 6 rings (SSSR count). The molecule has 47 heavy (non-hydrogen) atoms. The molecule has 4 atom stereocenters. The van der Waals surface area contributed by atoms with E-state index in [4.69, 9.17) is 24.6 Å². The molecular formula is C31H38N10O6. The zero-order valence-electron chi connectivity index (χ0n) is 26.1. The van der Waals surface area contributed by atoms with Crippen molar-refractivity contribution >= 4 is 29.4 Å². The second-order valence-electron chi connectivity index (χ2n) is 11.4. The van der Waals surface area contributed by atoms with Gasteiger partial charge in [-0.1, -0.05) is 74.5 Å². The number of anilines is 2. The van der Waals surface area contributed by atoms with Crippen LogP contribution in [0.15, 0.2) is 67.0 Å². The number of rotatable bonds is 11. The van der Waals surface area contributed by atoms with E-state index in [1.807, 2.05) is 50.2 Å². The highest BCUT2D eigenvalue weighted by Gasteiger charge is 2.47. The SMILES string of the molecule is CC(C)CN(CO)c1nc(NCC(c2ccccc2)c2ccccc2)c2ncn([C@@H]3O[C@H](c4nnn(C)n4)[C@@H](O)[C@H]3O)c2n1.O=CO. The number of aliphatic hydroxyl groups is 3. The molecule has 1 aliphatic rings. The molecule has 0 radical (unpaired) electrons. The summed E-state index contributed by atoms with van der Waals surface area (Å²) in [6.07, 6.45) is -3.20. The van der Waals surface area contributed by atoms with Crippen LogP contribution >= 0.6 is 0 Å². The molecule has 5 aromatic rings. The summed E-state index contributed by atoms with van der Waals surface area (Å²) in [7, 11) is 1.60. The third-order valence-electron chi connectivity index (χ3n) is 7.62. The normalized spacial score (nSPS) is 19.1. The van der Waals surface area contributed by atoms with E-state index in [-0.39, 0.29) is 36.8 Å². The van der Waals surface area contributed by atoms with E-state index in [1.165, 1.54) is 11.1 Å². The van der Waals surface area contributed by atoms with Crippen molar-refractivity contribution in [3.05, 3.63) is 83.9 Å². The number of aryl methyl sites for hydroxylation is 1. The van der Waals surface area contributed by atoms with Crippen molar-refractivity contribution in [3.8, 4) is 0 Å². The van der Waals surface area contributed by atoms with Gasteiger partial charge in [0.2, 0.25) is 11.8 Å². The minimum atomic E-state index is -1.33. The molecule has 1 fully saturated rings. The first-order valence-electron chi connectivity index (χ1n) is 15.0. The van der Waals surface area contributed by atoms with Crippen molar-refractivity contribution in [3.63, 3.8) is 0 Å². The lowest BCUT2D eigenvalue weighted by Gasteiger charge is -2.24. The molecule has 0 saturated carbocycles. The first-order valence-corrected chi connectivity index (χ1v) is 15.0. The maximum Gasteiger partial charge on any atom is 0.290 e. The summed E-state index contributed by atoms with van der Waals surface area (Å²) in [5.41, 5.74) is 3.08. The Morgan fingerprint density at radius 2 is 1.66 bits per heavy atom. The van der Waals surface area contributed by atoms with Crippen LogP contribution in [-0.4, -0.2) is 98.7 Å². The summed E-state index contributed by atoms with van der Waals surface area (Å²) in [5, 5.41) is 54.5. The van der Waals surface area contributed by atoms with Gasteiger partial charge < -0.3 is 35.4 Å². The molecule has 16 heteroatoms. The average molecular weight is 647 g/mol. The quantitative estimate of drug-likeness (QED) is 0.102. The number of imidazole rings is 1. The smallest absolute Gasteiger partial charge is 0.290 e. The molecular weight excluding hydrogens is 608 g/mol. The Morgan fingerprint density at radius 1 is 1.02 bits per heavy atom. The van der Waals surface area contributed by atoms with Gasteiger partial charge in [0.15, 0.2) is 29.3 Å². The Labute approximate surface area is 270 Å². The van der Waals surface area contributed by atoms with E-state index in [9.17, 15) is 15.3 Å². The molecule has 248 valence electrons. The van der Waals surface area contributed by atoms with Crippen LogP contribution in [0.1, 0.15) is 49.0 Å². The third kappa shape index (κ3) is 7.36. The number of hydrogen-bond acceptors (Lipinski definition) is 13. The fourth-order valence-electron chi connectivity index (χ4n) is 5.51. The Bertz CT molecular complexity index is 1700. The van der Waals surface area contributed by atoms with Gasteiger partial charge in [0.05, 0.1) is 13.4 Å². The van der Waals surface area contributed by atoms with E-state index >= 15 is 0 Å². The number of ether oxygens (including phenoxy) is 1. The largest absolute Gasteiger partial charge is 0.483 e. The number of nitrogens with one attached hydrogen (secondary N) is 1. The number of carboxylic acid groups (broad SMARTS) is 1. The Kier molecular flexibility index (Phi) is 10.7. The molecule has 0 bridgehead atoms. The Balaban J connectivity index is 0.00000139. The minimum absolute atomic E-state index is 0.00735. The van der Waals surface area contributed by atoms with Gasteiger partial charge >= 0.3 is 0 Å². The summed E-state index contributed by atoms with van der Waals surface area (Å²) >= 11 is 0. The predicted octanol–water partition coefficient (Wildman–Crippen LogP) is 1.70. The molecule has 0 unspecified atom stereocenters. The summed E-state index contributed by atoms with van der Waals surface area (Å²) in [5.74, 6) is 1.13. The Morgan fingerprint density at radius 3 is 2.21 bits per heavy atom. The second kappa shape index (κ2) is 15.0. The maximum atomic E-state index is 11.1. The number of hydrogen-bond donors (Lipinski definition) is 5. The van der Waals surface area contributed by atoms with E-state index in [1.54, 1.807) is 16.5 Å². The number of tetrazole rings is 1. The van der Waals surface area contributed by atoms with Crippen LogP contribution in [0.5, 0.6) is 0 Å². The van der Waals surface area contributed by atoms with E-state index in [2.05, 4.69) is 50.0 Å². The van der Waals surface area contributed by atoms with Crippen LogP contribution in [0, 0.1) is 5.92 Å². The number of benzene rings is 2. The summed E-state index contributed by atoms with van der Waals surface area (Å²) in [4.78, 5) is 25.5. The zero-order valence-corrected chi connectivity index (χ0v) is 26.1. The van der Waals surface area contributed by atoms with Gasteiger partial charge in [0.25, 0.3) is 6.47 Å². The summed E-state index contributed by atoms with van der Waals surface area (Å²) in [6.45, 7) is 4.54. The molecule has 1 aliphatic heterocycles. The number of aromatic nitrogens is 8. The van der Waals surface area contributed by atoms with Crippen molar-refractivity contribution in [1.82, 2.24) is 39.7 Å². The number of fused-ring (bicyclic) bond motifs is 1. The highest BCUT2D eigenvalue weighted by molar-refractivity contribution is 5.84. The summed E-state index contributed by atoms with van der Waals surface area (Å²) < 4.78 is 7.65. The van der Waals surface area contributed by atoms with Crippen LogP contribution in [0.25, 0.3) is 11.2 Å². The van der Waals surface area contributed by atoms with Gasteiger partial charge in [-0.25, -0.2) is 4.98 Å². The molecule has 0 amide bonds. The van der Waals surface area contributed by atoms with Gasteiger partial charge in [-0.15, -0.1) is 10.2 Å². The second-order valence-corrected chi connectivity index (χ2v) is 11.4. The monoisotopic (exact) mass is 646 g/mol. The van der Waals surface area contributed by atoms with Gasteiger partial charge in [-0.05, 0) is 22.3 Å². The van der Waals surface area contributed by atoms with Crippen LogP contribution in [0.4, 0.5) is 11.8 Å². The lowest BCUT2D eigenvalue weighted by Crippen LogP contribution is -2.31. The minimum Gasteiger partial charge on any atom is -0.483 e. The molecule has 2 aromatic carbocycles. The summed E-state index contributed by atoms with van der Waals surface area (Å²) in [6, 6.07) is 20.4. The lowest BCUT2D eigenvalue weighted by atomic mass is 9.91. The standard InChI is InChI=1S/C30H36N10O4.CH2O2/c1-18(2)15-39(17-41)30-33-26(31-14-21(19-10-6-4-7-11-19)20-12-8-5-9-13-20)22-28(34-30)40(16-32-22)29-24(43)23(42)25(44-29)27-35-37-38(3)36-27;2-1-3/h4-13,16,18,21,23-25,29,41-43H,14-15,17H2,1-3H3,(H,31,33,34);1H,(H,2,3)/t23-,24+,25-,29+;/m0./s1. The van der Waals surface area contributed by atoms with Crippen LogP contribution in [0.3, 0.4) is 0 Å². The average Bonchev–Trinajstić information content (AvgIpc) is 3.78. The number of aliphatic hydroxyl groups excluding tert-OH is 3.